The molecule has 3 heteroatoms. The second-order valence-corrected chi connectivity index (χ2v) is 5.58. The van der Waals surface area contributed by atoms with Gasteiger partial charge in [-0.1, -0.05) is 36.4 Å². The van der Waals surface area contributed by atoms with Crippen LogP contribution in [0.3, 0.4) is 0 Å². The number of nitrogens with one attached hydrogen (secondary N) is 1. The van der Waals surface area contributed by atoms with E-state index in [0.717, 1.165) is 17.6 Å². The van der Waals surface area contributed by atoms with E-state index in [-0.39, 0.29) is 11.9 Å². The standard InChI is InChI=1S/C18H16FNO/c1-20-17(14-9-11-5-2-3-7-13(11)14)16-10-12-6-4-8-15(19)18(12)21-16/h2-8,10,14,17,20H,9H2,1H3. The molecule has 106 valence electrons. The van der Waals surface area contributed by atoms with Crippen LogP contribution in [0.4, 0.5) is 4.39 Å². The Hall–Kier alpha value is -2.13. The predicted octanol–water partition coefficient (Wildman–Crippen LogP) is 4.17. The highest BCUT2D eigenvalue weighted by Crippen LogP contribution is 2.44. The van der Waals surface area contributed by atoms with Crippen molar-refractivity contribution in [2.75, 3.05) is 7.05 Å². The second-order valence-electron chi connectivity index (χ2n) is 5.58. The highest BCUT2D eigenvalue weighted by Gasteiger charge is 2.34. The molecule has 0 saturated carbocycles. The predicted molar refractivity (Wildman–Crippen MR) is 80.9 cm³/mol. The van der Waals surface area contributed by atoms with Gasteiger partial charge in [-0.3, -0.25) is 0 Å². The first-order valence-electron chi connectivity index (χ1n) is 7.21. The zero-order chi connectivity index (χ0) is 14.4. The second kappa shape index (κ2) is 4.71. The van der Waals surface area contributed by atoms with Crippen molar-refractivity contribution in [3.8, 4) is 0 Å². The summed E-state index contributed by atoms with van der Waals surface area (Å²) in [6.07, 6.45) is 1.03. The summed E-state index contributed by atoms with van der Waals surface area (Å²) >= 11 is 0. The van der Waals surface area contributed by atoms with Crippen molar-refractivity contribution in [1.29, 1.82) is 0 Å². The van der Waals surface area contributed by atoms with Crippen LogP contribution in [0, 0.1) is 5.82 Å². The van der Waals surface area contributed by atoms with Gasteiger partial charge in [-0.2, -0.15) is 0 Å². The lowest BCUT2D eigenvalue weighted by atomic mass is 9.73. The maximum absolute atomic E-state index is 13.8. The van der Waals surface area contributed by atoms with E-state index >= 15 is 0 Å². The van der Waals surface area contributed by atoms with E-state index in [1.54, 1.807) is 6.07 Å². The molecule has 1 aromatic heterocycles. The highest BCUT2D eigenvalue weighted by molar-refractivity contribution is 5.78. The Morgan fingerprint density at radius 3 is 2.81 bits per heavy atom. The Kier molecular flexibility index (Phi) is 2.82. The molecule has 3 aromatic rings. The molecule has 0 bridgehead atoms. The molecule has 2 aromatic carbocycles. The molecule has 0 amide bonds. The Balaban J connectivity index is 1.75. The SMILES string of the molecule is CNC(c1cc2cccc(F)c2o1)C1Cc2ccccc21. The number of rotatable bonds is 3. The van der Waals surface area contributed by atoms with Crippen LogP contribution in [-0.2, 0) is 6.42 Å². The smallest absolute Gasteiger partial charge is 0.169 e. The zero-order valence-corrected chi connectivity index (χ0v) is 11.8. The van der Waals surface area contributed by atoms with Gasteiger partial charge in [0.25, 0.3) is 0 Å². The Labute approximate surface area is 122 Å². The topological polar surface area (TPSA) is 25.2 Å². The number of hydrogen-bond acceptors (Lipinski definition) is 2. The lowest BCUT2D eigenvalue weighted by Gasteiger charge is -2.35. The van der Waals surface area contributed by atoms with E-state index < -0.39 is 0 Å². The van der Waals surface area contributed by atoms with Gasteiger partial charge in [0.15, 0.2) is 11.4 Å². The molecule has 0 saturated heterocycles. The minimum absolute atomic E-state index is 0.0756. The zero-order valence-electron chi connectivity index (χ0n) is 11.8. The average Bonchev–Trinajstić information content (AvgIpc) is 2.90. The molecule has 0 radical (unpaired) electrons. The Morgan fingerprint density at radius 1 is 1.19 bits per heavy atom. The minimum Gasteiger partial charge on any atom is -0.456 e. The van der Waals surface area contributed by atoms with E-state index in [1.807, 2.05) is 19.2 Å². The van der Waals surface area contributed by atoms with E-state index in [1.165, 1.54) is 17.2 Å². The first-order chi connectivity index (χ1) is 10.3. The summed E-state index contributed by atoms with van der Waals surface area (Å²) in [6.45, 7) is 0. The van der Waals surface area contributed by atoms with Gasteiger partial charge < -0.3 is 9.73 Å². The van der Waals surface area contributed by atoms with Gasteiger partial charge in [0.2, 0.25) is 0 Å². The number of furan rings is 1. The Bertz CT molecular complexity index is 808. The Morgan fingerprint density at radius 2 is 2.05 bits per heavy atom. The number of benzene rings is 2. The molecule has 2 unspecified atom stereocenters. The third-order valence-corrected chi connectivity index (χ3v) is 4.43. The first kappa shape index (κ1) is 12.6. The van der Waals surface area contributed by atoms with Gasteiger partial charge in [0.1, 0.15) is 5.76 Å². The summed E-state index contributed by atoms with van der Waals surface area (Å²) in [4.78, 5) is 0. The molecule has 0 aliphatic heterocycles. The molecule has 21 heavy (non-hydrogen) atoms. The van der Waals surface area contributed by atoms with Crippen LogP contribution in [0.2, 0.25) is 0 Å². The summed E-state index contributed by atoms with van der Waals surface area (Å²) < 4.78 is 19.6. The number of para-hydroxylation sites is 1. The van der Waals surface area contributed by atoms with E-state index in [4.69, 9.17) is 4.42 Å². The molecular formula is C18H16FNO. The number of fused-ring (bicyclic) bond motifs is 2. The van der Waals surface area contributed by atoms with Crippen molar-refractivity contribution in [2.45, 2.75) is 18.4 Å². The minimum atomic E-state index is -0.303. The number of likely N-dealkylation sites (N-methyl/N-ethyl adjacent to an activating group) is 1. The third kappa shape index (κ3) is 1.88. The van der Waals surface area contributed by atoms with Gasteiger partial charge in [-0.25, -0.2) is 4.39 Å². The van der Waals surface area contributed by atoms with Crippen molar-refractivity contribution < 1.29 is 8.81 Å². The van der Waals surface area contributed by atoms with Crippen LogP contribution in [-0.4, -0.2) is 7.05 Å². The van der Waals surface area contributed by atoms with Crippen molar-refractivity contribution in [3.63, 3.8) is 0 Å². The van der Waals surface area contributed by atoms with Crippen molar-refractivity contribution >= 4 is 11.0 Å². The summed E-state index contributed by atoms with van der Waals surface area (Å²) in [5.41, 5.74) is 3.10. The normalized spacial score (nSPS) is 18.3. The van der Waals surface area contributed by atoms with E-state index in [0.29, 0.717) is 11.5 Å². The maximum atomic E-state index is 13.8. The van der Waals surface area contributed by atoms with Crippen molar-refractivity contribution in [2.24, 2.45) is 0 Å². The van der Waals surface area contributed by atoms with Crippen LogP contribution >= 0.6 is 0 Å². The monoisotopic (exact) mass is 281 g/mol. The van der Waals surface area contributed by atoms with E-state index in [2.05, 4.69) is 29.6 Å². The maximum Gasteiger partial charge on any atom is 0.169 e. The highest BCUT2D eigenvalue weighted by atomic mass is 19.1. The van der Waals surface area contributed by atoms with Crippen LogP contribution in [0.5, 0.6) is 0 Å². The van der Waals surface area contributed by atoms with Gasteiger partial charge in [0.05, 0.1) is 6.04 Å². The van der Waals surface area contributed by atoms with Crippen molar-refractivity contribution in [3.05, 3.63) is 71.2 Å². The van der Waals surface area contributed by atoms with Crippen molar-refractivity contribution in [1.82, 2.24) is 5.32 Å². The molecule has 2 atom stereocenters. The quantitative estimate of drug-likeness (QED) is 0.779. The molecule has 1 heterocycles. The average molecular weight is 281 g/mol. The summed E-state index contributed by atoms with van der Waals surface area (Å²) in [5, 5.41) is 4.14. The molecule has 0 spiro atoms. The summed E-state index contributed by atoms with van der Waals surface area (Å²) in [7, 11) is 1.93. The summed E-state index contributed by atoms with van der Waals surface area (Å²) in [5.74, 6) is 0.884. The van der Waals surface area contributed by atoms with Gasteiger partial charge in [-0.15, -0.1) is 0 Å². The van der Waals surface area contributed by atoms with Crippen LogP contribution in [0.1, 0.15) is 28.8 Å². The van der Waals surface area contributed by atoms with Crippen LogP contribution < -0.4 is 5.32 Å². The van der Waals surface area contributed by atoms with E-state index in [9.17, 15) is 4.39 Å². The van der Waals surface area contributed by atoms with Crippen LogP contribution in [0.25, 0.3) is 11.0 Å². The lowest BCUT2D eigenvalue weighted by molar-refractivity contribution is 0.369. The van der Waals surface area contributed by atoms with Gasteiger partial charge >= 0.3 is 0 Å². The fraction of sp³-hybridized carbons (Fsp3) is 0.222. The number of hydrogen-bond donors (Lipinski definition) is 1. The summed E-state index contributed by atoms with van der Waals surface area (Å²) in [6, 6.07) is 15.5. The third-order valence-electron chi connectivity index (χ3n) is 4.43. The lowest BCUT2D eigenvalue weighted by Crippen LogP contribution is -2.31. The van der Waals surface area contributed by atoms with Gasteiger partial charge in [-0.05, 0) is 36.7 Å². The molecule has 0 fully saturated rings. The molecule has 4 rings (SSSR count). The fourth-order valence-electron chi connectivity index (χ4n) is 3.34. The number of halogens is 1. The molecule has 2 nitrogen and oxygen atoms in total. The fourth-order valence-corrected chi connectivity index (χ4v) is 3.34. The molecular weight excluding hydrogens is 265 g/mol. The first-order valence-corrected chi connectivity index (χ1v) is 7.21. The largest absolute Gasteiger partial charge is 0.456 e. The van der Waals surface area contributed by atoms with Gasteiger partial charge in [0, 0.05) is 11.3 Å². The molecule has 1 N–H and O–H groups in total. The van der Waals surface area contributed by atoms with Crippen LogP contribution in [0.15, 0.2) is 52.9 Å². The molecule has 1 aliphatic rings. The molecule has 1 aliphatic carbocycles.